The van der Waals surface area contributed by atoms with E-state index in [0.29, 0.717) is 42.1 Å². The molecule has 184 valence electrons. The van der Waals surface area contributed by atoms with E-state index in [4.69, 9.17) is 32.7 Å². The van der Waals surface area contributed by atoms with Gasteiger partial charge in [0.25, 0.3) is 5.91 Å². The highest BCUT2D eigenvalue weighted by atomic mass is 35.5. The van der Waals surface area contributed by atoms with Crippen LogP contribution in [0.1, 0.15) is 32.6 Å². The molecule has 2 aromatic carbocycles. The van der Waals surface area contributed by atoms with Crippen LogP contribution < -0.4 is 19.7 Å². The van der Waals surface area contributed by atoms with E-state index in [1.54, 1.807) is 18.2 Å². The predicted molar refractivity (Wildman–Crippen MR) is 128 cm³/mol. The normalized spacial score (nSPS) is 25.9. The zero-order chi connectivity index (χ0) is 25.0. The number of hydrogen-bond donors (Lipinski definition) is 1. The number of benzene rings is 2. The van der Waals surface area contributed by atoms with Crippen molar-refractivity contribution in [1.82, 2.24) is 5.32 Å². The molecule has 1 heterocycles. The molecule has 3 fully saturated rings. The molecular formula is C25H23Cl2FN2O5. The second kappa shape index (κ2) is 8.68. The van der Waals surface area contributed by atoms with Crippen molar-refractivity contribution in [1.29, 1.82) is 0 Å². The highest BCUT2D eigenvalue weighted by molar-refractivity contribution is 6.31. The number of rotatable bonds is 7. The highest BCUT2D eigenvalue weighted by Crippen LogP contribution is 2.69. The summed E-state index contributed by atoms with van der Waals surface area (Å²) in [5.41, 5.74) is 0.0772. The average molecular weight is 521 g/mol. The van der Waals surface area contributed by atoms with E-state index < -0.39 is 11.9 Å². The fourth-order valence-electron chi connectivity index (χ4n) is 5.57. The fourth-order valence-corrected chi connectivity index (χ4v) is 5.85. The minimum Gasteiger partial charge on any atom is -0.484 e. The van der Waals surface area contributed by atoms with Gasteiger partial charge in [-0.15, -0.1) is 0 Å². The molecule has 2 bridgehead atoms. The first-order valence-corrected chi connectivity index (χ1v) is 12.0. The lowest BCUT2D eigenvalue weighted by atomic mass is 9.38. The van der Waals surface area contributed by atoms with Crippen molar-refractivity contribution in [3.05, 3.63) is 52.3 Å². The van der Waals surface area contributed by atoms with Crippen LogP contribution in [0, 0.1) is 11.2 Å². The third kappa shape index (κ3) is 4.57. The first kappa shape index (κ1) is 23.9. The smallest absolute Gasteiger partial charge is 0.258 e. The van der Waals surface area contributed by atoms with E-state index in [2.05, 4.69) is 5.32 Å². The van der Waals surface area contributed by atoms with Crippen LogP contribution in [0.4, 0.5) is 10.1 Å². The molecule has 2 amide bonds. The Morgan fingerprint density at radius 3 is 2.60 bits per heavy atom. The second-order valence-electron chi connectivity index (χ2n) is 9.71. The van der Waals surface area contributed by atoms with Gasteiger partial charge in [-0.1, -0.05) is 23.2 Å². The van der Waals surface area contributed by atoms with Crippen molar-refractivity contribution in [2.75, 3.05) is 18.1 Å². The lowest BCUT2D eigenvalue weighted by Crippen LogP contribution is -2.75. The van der Waals surface area contributed by atoms with Gasteiger partial charge >= 0.3 is 0 Å². The van der Waals surface area contributed by atoms with Gasteiger partial charge in [-0.25, -0.2) is 4.39 Å². The predicted octanol–water partition coefficient (Wildman–Crippen LogP) is 4.32. The molecule has 2 aromatic rings. The average Bonchev–Trinajstić information content (AvgIpc) is 2.76. The number of amides is 2. The Morgan fingerprint density at radius 1 is 1.17 bits per heavy atom. The molecule has 1 N–H and O–H groups in total. The van der Waals surface area contributed by atoms with Gasteiger partial charge in [0.05, 0.1) is 17.3 Å². The Labute approximate surface area is 211 Å². The summed E-state index contributed by atoms with van der Waals surface area (Å²) in [5, 5.41) is 3.45. The number of nitrogens with one attached hydrogen (secondary N) is 1. The van der Waals surface area contributed by atoms with Gasteiger partial charge in [0, 0.05) is 30.0 Å². The van der Waals surface area contributed by atoms with Crippen LogP contribution in [0.15, 0.2) is 36.4 Å². The Hall–Kier alpha value is -2.84. The standard InChI is InChI=1S/C25H23Cl2FN2O5/c1-14(31)30-9-22(35-21-5-2-15(26)6-19(21)30)20(32)8-24-11-25(12-24,13-24)29-23(33)10-34-16-3-4-17(27)18(28)7-16/h2-7,22H,8-13H2,1H3,(H,29,33). The number of Topliss-reactive ketones (excluding diaryl/α,β-unsaturated/α-hetero) is 1. The van der Waals surface area contributed by atoms with Crippen molar-refractivity contribution in [2.24, 2.45) is 5.41 Å². The SMILES string of the molecule is CC(=O)N1CC(C(=O)CC23CC(NC(=O)COc4ccc(Cl)c(F)c4)(C2)C3)Oc2ccc(Cl)cc21. The Bertz CT molecular complexity index is 1220. The molecular weight excluding hydrogens is 498 g/mol. The number of carbonyl (C=O) groups is 3. The number of ether oxygens (including phenoxy) is 2. The van der Waals surface area contributed by atoms with Gasteiger partial charge in [-0.2, -0.15) is 0 Å². The molecule has 10 heteroatoms. The highest BCUT2D eigenvalue weighted by Gasteiger charge is 2.68. The summed E-state index contributed by atoms with van der Waals surface area (Å²) < 4.78 is 24.8. The monoisotopic (exact) mass is 520 g/mol. The zero-order valence-electron chi connectivity index (χ0n) is 18.9. The lowest BCUT2D eigenvalue weighted by Gasteiger charge is -2.70. The molecule has 4 aliphatic rings. The molecule has 1 aliphatic heterocycles. The van der Waals surface area contributed by atoms with Gasteiger partial charge in [0.1, 0.15) is 17.3 Å². The number of carbonyl (C=O) groups excluding carboxylic acids is 3. The Kier molecular flexibility index (Phi) is 5.92. The molecule has 1 atom stereocenters. The largest absolute Gasteiger partial charge is 0.484 e. The third-order valence-electron chi connectivity index (χ3n) is 6.92. The van der Waals surface area contributed by atoms with Crippen molar-refractivity contribution in [2.45, 2.75) is 44.2 Å². The summed E-state index contributed by atoms with van der Waals surface area (Å²) in [7, 11) is 0. The van der Waals surface area contributed by atoms with E-state index in [-0.39, 0.29) is 52.5 Å². The van der Waals surface area contributed by atoms with Gasteiger partial charge in [-0.05, 0) is 55.0 Å². The van der Waals surface area contributed by atoms with Gasteiger partial charge < -0.3 is 19.7 Å². The molecule has 6 rings (SSSR count). The van der Waals surface area contributed by atoms with Crippen LogP contribution in [0.3, 0.4) is 0 Å². The minimum atomic E-state index is -0.750. The number of ketones is 1. The zero-order valence-corrected chi connectivity index (χ0v) is 20.4. The van der Waals surface area contributed by atoms with Crippen LogP contribution in [0.5, 0.6) is 11.5 Å². The van der Waals surface area contributed by atoms with Gasteiger partial charge in [0.15, 0.2) is 18.5 Å². The first-order valence-electron chi connectivity index (χ1n) is 11.2. The van der Waals surface area contributed by atoms with Crippen LogP contribution >= 0.6 is 23.2 Å². The number of halogens is 3. The molecule has 3 saturated carbocycles. The van der Waals surface area contributed by atoms with E-state index in [0.717, 1.165) is 6.07 Å². The maximum Gasteiger partial charge on any atom is 0.258 e. The summed E-state index contributed by atoms with van der Waals surface area (Å²) in [6.45, 7) is 1.34. The summed E-state index contributed by atoms with van der Waals surface area (Å²) in [4.78, 5) is 39.1. The molecule has 0 spiro atoms. The van der Waals surface area contributed by atoms with Gasteiger partial charge in [-0.3, -0.25) is 14.4 Å². The maximum absolute atomic E-state index is 13.5. The minimum absolute atomic E-state index is 0.0169. The van der Waals surface area contributed by atoms with Crippen molar-refractivity contribution in [3.63, 3.8) is 0 Å². The van der Waals surface area contributed by atoms with Crippen LogP contribution in [0.2, 0.25) is 10.0 Å². The number of fused-ring (bicyclic) bond motifs is 1. The molecule has 0 saturated heterocycles. The molecule has 0 radical (unpaired) electrons. The Morgan fingerprint density at radius 2 is 1.91 bits per heavy atom. The summed E-state index contributed by atoms with van der Waals surface area (Å²) in [6, 6.07) is 8.97. The first-order chi connectivity index (χ1) is 16.6. The van der Waals surface area contributed by atoms with Crippen LogP contribution in [-0.2, 0) is 14.4 Å². The Balaban J connectivity index is 1.13. The summed E-state index contributed by atoms with van der Waals surface area (Å²) in [5.74, 6) is -0.497. The molecule has 1 unspecified atom stereocenters. The van der Waals surface area contributed by atoms with Gasteiger partial charge in [0.2, 0.25) is 5.91 Å². The summed E-state index contributed by atoms with van der Waals surface area (Å²) in [6.07, 6.45) is 1.66. The van der Waals surface area contributed by atoms with Crippen molar-refractivity contribution in [3.8, 4) is 11.5 Å². The van der Waals surface area contributed by atoms with Crippen molar-refractivity contribution < 1.29 is 28.2 Å². The second-order valence-corrected chi connectivity index (χ2v) is 10.6. The fraction of sp³-hybridized carbons (Fsp3) is 0.400. The van der Waals surface area contributed by atoms with E-state index in [1.165, 1.54) is 24.0 Å². The number of nitrogens with zero attached hydrogens (tertiary/aromatic N) is 1. The lowest BCUT2D eigenvalue weighted by molar-refractivity contribution is -0.175. The molecule has 35 heavy (non-hydrogen) atoms. The molecule has 3 aliphatic carbocycles. The van der Waals surface area contributed by atoms with Crippen LogP contribution in [0.25, 0.3) is 0 Å². The quantitative estimate of drug-likeness (QED) is 0.587. The third-order valence-corrected chi connectivity index (χ3v) is 7.47. The van der Waals surface area contributed by atoms with Crippen LogP contribution in [-0.4, -0.2) is 42.4 Å². The topological polar surface area (TPSA) is 84.9 Å². The molecule has 7 nitrogen and oxygen atoms in total. The van der Waals surface area contributed by atoms with E-state index in [1.807, 2.05) is 0 Å². The maximum atomic E-state index is 13.5. The van der Waals surface area contributed by atoms with Crippen molar-refractivity contribution >= 4 is 46.5 Å². The van der Waals surface area contributed by atoms with E-state index in [9.17, 15) is 18.8 Å². The summed E-state index contributed by atoms with van der Waals surface area (Å²) >= 11 is 11.7. The number of anilines is 1. The number of hydrogen-bond acceptors (Lipinski definition) is 5. The van der Waals surface area contributed by atoms with E-state index >= 15 is 0 Å². The molecule has 0 aromatic heterocycles.